The van der Waals surface area contributed by atoms with Gasteiger partial charge in [0.15, 0.2) is 0 Å². The van der Waals surface area contributed by atoms with Crippen LogP contribution in [0.5, 0.6) is 0 Å². The second-order valence-corrected chi connectivity index (χ2v) is 8.63. The number of benzene rings is 2. The van der Waals surface area contributed by atoms with E-state index in [1.54, 1.807) is 12.1 Å². The number of hydrogen-bond donors (Lipinski definition) is 1. The van der Waals surface area contributed by atoms with Crippen molar-refractivity contribution in [3.63, 3.8) is 0 Å². The molecule has 1 N–H and O–H groups in total. The topological polar surface area (TPSA) is 113 Å². The number of aliphatic carboxylic acids is 2. The second kappa shape index (κ2) is 15.9. The summed E-state index contributed by atoms with van der Waals surface area (Å²) in [6, 6.07) is 13.5. The number of carbonyl (C=O) groups is 3. The molecule has 0 radical (unpaired) electrons. The number of amides is 1. The summed E-state index contributed by atoms with van der Waals surface area (Å²) >= 11 is 0. The van der Waals surface area contributed by atoms with Crippen molar-refractivity contribution in [3.05, 3.63) is 54.6 Å². The first-order valence-electron chi connectivity index (χ1n) is 11.3. The molecule has 2 aromatic carbocycles. The van der Waals surface area contributed by atoms with Gasteiger partial charge in [0.1, 0.15) is 0 Å². The van der Waals surface area contributed by atoms with Crippen molar-refractivity contribution in [3.8, 4) is 11.1 Å². The largest absolute Gasteiger partial charge is 1.00 e. The molecule has 0 unspecified atom stereocenters. The van der Waals surface area contributed by atoms with E-state index in [-0.39, 0.29) is 43.6 Å². The van der Waals surface area contributed by atoms with Crippen LogP contribution in [-0.4, -0.2) is 36.0 Å². The molecule has 0 saturated carbocycles. The van der Waals surface area contributed by atoms with E-state index in [0.29, 0.717) is 24.9 Å². The van der Waals surface area contributed by atoms with Crippen molar-refractivity contribution in [2.24, 2.45) is 5.92 Å². The van der Waals surface area contributed by atoms with Gasteiger partial charge in [-0.15, -0.1) is 0 Å². The quantitative estimate of drug-likeness (QED) is 0.317. The first-order valence-corrected chi connectivity index (χ1v) is 11.3. The van der Waals surface area contributed by atoms with Gasteiger partial charge in [-0.3, -0.25) is 10.1 Å². The molecule has 1 amide bonds. The van der Waals surface area contributed by atoms with Crippen molar-refractivity contribution in [2.45, 2.75) is 65.1 Å². The summed E-state index contributed by atoms with van der Waals surface area (Å²) in [7, 11) is 0. The minimum atomic E-state index is -1.40. The summed E-state index contributed by atoms with van der Waals surface area (Å²) < 4.78 is 0. The first kappa shape index (κ1) is 33.0. The van der Waals surface area contributed by atoms with Gasteiger partial charge < -0.3 is 24.7 Å². The van der Waals surface area contributed by atoms with Gasteiger partial charge in [-0.2, -0.15) is 0 Å². The van der Waals surface area contributed by atoms with Crippen LogP contribution in [0, 0.1) is 5.92 Å². The molecular weight excluding hydrogens is 434 g/mol. The van der Waals surface area contributed by atoms with Crippen LogP contribution in [0.3, 0.4) is 0 Å². The van der Waals surface area contributed by atoms with Crippen molar-refractivity contribution in [2.75, 3.05) is 4.90 Å². The fourth-order valence-corrected chi connectivity index (χ4v) is 3.77. The summed E-state index contributed by atoms with van der Waals surface area (Å²) in [5.74, 6) is -3.14. The second-order valence-electron chi connectivity index (χ2n) is 8.63. The van der Waals surface area contributed by atoms with Gasteiger partial charge in [-0.1, -0.05) is 69.7 Å². The van der Waals surface area contributed by atoms with E-state index in [1.165, 1.54) is 11.8 Å². The molecule has 0 fully saturated rings. The minimum absolute atomic E-state index is 0. The maximum atomic E-state index is 13.6. The molecule has 9 heteroatoms. The molecular formula is C26H32Li2N2O5. The Labute approximate surface area is 232 Å². The Morgan fingerprint density at radius 1 is 0.829 bits per heavy atom. The van der Waals surface area contributed by atoms with E-state index in [2.05, 4.69) is 5.32 Å². The zero-order valence-electron chi connectivity index (χ0n) is 21.6. The van der Waals surface area contributed by atoms with Crippen molar-refractivity contribution in [1.29, 1.82) is 0 Å². The summed E-state index contributed by atoms with van der Waals surface area (Å²) in [5.41, 5.74) is 2.31. The third-order valence-corrected chi connectivity index (χ3v) is 5.49. The number of nitrogens with zero attached hydrogens (tertiary/aromatic N) is 1. The van der Waals surface area contributed by atoms with Gasteiger partial charge in [-0.25, -0.2) is 0 Å². The summed E-state index contributed by atoms with van der Waals surface area (Å²) in [6.07, 6.45) is 1.23. The number of nitrogens with one attached hydrogen (secondary N) is 1. The van der Waals surface area contributed by atoms with Gasteiger partial charge in [0, 0.05) is 11.7 Å². The van der Waals surface area contributed by atoms with Crippen LogP contribution in [0.25, 0.3) is 11.1 Å². The van der Waals surface area contributed by atoms with Crippen LogP contribution >= 0.6 is 0 Å². The molecule has 0 bridgehead atoms. The number of rotatable bonds is 12. The van der Waals surface area contributed by atoms with Gasteiger partial charge in [0.05, 0.1) is 24.0 Å². The molecule has 178 valence electrons. The molecule has 35 heavy (non-hydrogen) atoms. The fourth-order valence-electron chi connectivity index (χ4n) is 3.77. The van der Waals surface area contributed by atoms with Gasteiger partial charge >= 0.3 is 37.7 Å². The molecule has 3 atom stereocenters. The van der Waals surface area contributed by atoms with E-state index in [0.717, 1.165) is 11.1 Å². The van der Waals surface area contributed by atoms with Crippen LogP contribution in [0.2, 0.25) is 0 Å². The molecule has 0 heterocycles. The van der Waals surface area contributed by atoms with E-state index in [4.69, 9.17) is 0 Å². The Morgan fingerprint density at radius 2 is 1.37 bits per heavy atom. The summed E-state index contributed by atoms with van der Waals surface area (Å²) in [4.78, 5) is 38.1. The Kier molecular flexibility index (Phi) is 15.0. The Balaban J connectivity index is 0.00000578. The average Bonchev–Trinajstić information content (AvgIpc) is 2.78. The molecule has 2 aromatic rings. The Hall–Kier alpha value is -2.00. The van der Waals surface area contributed by atoms with Crippen LogP contribution in [0.1, 0.15) is 47.0 Å². The molecule has 7 nitrogen and oxygen atoms in total. The standard InChI is InChI=1S/C26H34N2O5.2Li/c1-5-9-22(26(32)33)27-23(16-17(2)3)24(29)28(18(4)25(30)31)21-14-12-20(13-15-21)19-10-7-6-8-11-19;;/h6-8,10-15,17-18,22-23,27H,5,9,16H2,1-4H3,(H,30,31)(H,32,33);;/q;2*+1/p-2/t18-,22+,23-;;/m0../s1. The van der Waals surface area contributed by atoms with Crippen molar-refractivity contribution < 1.29 is 62.3 Å². The van der Waals surface area contributed by atoms with Crippen LogP contribution in [-0.2, 0) is 14.4 Å². The third-order valence-electron chi connectivity index (χ3n) is 5.49. The van der Waals surface area contributed by atoms with Crippen LogP contribution in [0.4, 0.5) is 5.69 Å². The normalized spacial score (nSPS) is 13.1. The van der Waals surface area contributed by atoms with Gasteiger partial charge in [-0.05, 0) is 48.9 Å². The smallest absolute Gasteiger partial charge is 0.548 e. The molecule has 0 spiro atoms. The summed E-state index contributed by atoms with van der Waals surface area (Å²) in [6.45, 7) is 7.05. The zero-order valence-corrected chi connectivity index (χ0v) is 21.6. The molecule has 2 rings (SSSR count). The first-order chi connectivity index (χ1) is 15.6. The Morgan fingerprint density at radius 3 is 1.83 bits per heavy atom. The third kappa shape index (κ3) is 9.52. The maximum Gasteiger partial charge on any atom is 1.00 e. The number of hydrogen-bond acceptors (Lipinski definition) is 6. The molecule has 0 aromatic heterocycles. The number of carboxylic acids is 2. The molecule has 0 aliphatic carbocycles. The molecule has 0 aliphatic heterocycles. The van der Waals surface area contributed by atoms with Gasteiger partial charge in [0.2, 0.25) is 5.91 Å². The molecule has 0 saturated heterocycles. The van der Waals surface area contributed by atoms with Crippen molar-refractivity contribution >= 4 is 23.5 Å². The average molecular weight is 466 g/mol. The van der Waals surface area contributed by atoms with E-state index >= 15 is 0 Å². The number of carbonyl (C=O) groups excluding carboxylic acids is 3. The van der Waals surface area contributed by atoms with E-state index < -0.39 is 36.0 Å². The Bertz CT molecular complexity index is 939. The predicted molar refractivity (Wildman–Crippen MR) is 124 cm³/mol. The van der Waals surface area contributed by atoms with Crippen LogP contribution in [0.15, 0.2) is 54.6 Å². The monoisotopic (exact) mass is 466 g/mol. The number of anilines is 1. The molecule has 0 aliphatic rings. The minimum Gasteiger partial charge on any atom is -0.548 e. The van der Waals surface area contributed by atoms with Crippen molar-refractivity contribution in [1.82, 2.24) is 5.32 Å². The number of carboxylic acid groups (broad SMARTS) is 2. The maximum absolute atomic E-state index is 13.6. The zero-order chi connectivity index (χ0) is 24.5. The fraction of sp³-hybridized carbons (Fsp3) is 0.423. The summed E-state index contributed by atoms with van der Waals surface area (Å²) in [5, 5.41) is 26.2. The van der Waals surface area contributed by atoms with E-state index in [9.17, 15) is 24.6 Å². The van der Waals surface area contributed by atoms with Crippen LogP contribution < -0.4 is 58.2 Å². The predicted octanol–water partition coefficient (Wildman–Crippen LogP) is -4.24. The van der Waals surface area contributed by atoms with Gasteiger partial charge in [0.25, 0.3) is 0 Å². The SMILES string of the molecule is CCC[C@@H](N[C@@H](CC(C)C)C(=O)N(c1ccc(-c2ccccc2)cc1)[C@@H](C)C(=O)[O-])C(=O)[O-].[Li+].[Li+]. The van der Waals surface area contributed by atoms with E-state index in [1.807, 2.05) is 63.2 Å².